The Morgan fingerprint density at radius 3 is 2.42 bits per heavy atom. The minimum Gasteiger partial charge on any atom is -0.378 e. The molecule has 0 aromatic carbocycles. The second-order valence-corrected chi connectivity index (χ2v) is 3.53. The molecule has 0 aliphatic carbocycles. The first-order valence-electron chi connectivity index (χ1n) is 5.00. The molecule has 12 heavy (non-hydrogen) atoms. The van der Waals surface area contributed by atoms with E-state index in [9.17, 15) is 0 Å². The fraction of sp³-hybridized carbons (Fsp3) is 1.00. The topological polar surface area (TPSA) is 21.3 Å². The van der Waals surface area contributed by atoms with E-state index in [0.717, 1.165) is 26.1 Å². The van der Waals surface area contributed by atoms with Gasteiger partial charge in [-0.15, -0.1) is 0 Å². The Hall–Kier alpha value is -0.0800. The molecule has 1 atom stereocenters. The minimum absolute atomic E-state index is 0.395. The summed E-state index contributed by atoms with van der Waals surface area (Å²) >= 11 is 0. The highest BCUT2D eigenvalue weighted by atomic mass is 16.5. The maximum Gasteiger partial charge on any atom is 0.0569 e. The summed E-state index contributed by atoms with van der Waals surface area (Å²) in [5, 5.41) is 3.27. The zero-order valence-corrected chi connectivity index (χ0v) is 8.89. The molecule has 0 fully saturated rings. The Morgan fingerprint density at radius 2 is 1.92 bits per heavy atom. The van der Waals surface area contributed by atoms with Crippen molar-refractivity contribution >= 4 is 0 Å². The molecule has 0 aromatic heterocycles. The van der Waals surface area contributed by atoms with E-state index in [1.54, 1.807) is 0 Å². The number of hydrogen-bond acceptors (Lipinski definition) is 2. The lowest BCUT2D eigenvalue weighted by atomic mass is 10.1. The smallest absolute Gasteiger partial charge is 0.0569 e. The summed E-state index contributed by atoms with van der Waals surface area (Å²) in [6.45, 7) is 11.6. The largest absolute Gasteiger partial charge is 0.378 e. The van der Waals surface area contributed by atoms with Crippen LogP contribution in [0.2, 0.25) is 0 Å². The molecule has 0 heterocycles. The summed E-state index contributed by atoms with van der Waals surface area (Å²) in [7, 11) is 0. The van der Waals surface area contributed by atoms with Crippen LogP contribution in [0.4, 0.5) is 0 Å². The van der Waals surface area contributed by atoms with E-state index < -0.39 is 0 Å². The van der Waals surface area contributed by atoms with E-state index in [1.165, 1.54) is 0 Å². The summed E-state index contributed by atoms with van der Waals surface area (Å²) in [5.74, 6) is 0.629. The Balaban J connectivity index is 3.08. The molecule has 0 rings (SSSR count). The number of rotatable bonds is 7. The van der Waals surface area contributed by atoms with E-state index in [4.69, 9.17) is 4.74 Å². The lowest BCUT2D eigenvalue weighted by Crippen LogP contribution is -2.20. The van der Waals surface area contributed by atoms with Gasteiger partial charge in [-0.1, -0.05) is 20.8 Å². The van der Waals surface area contributed by atoms with Gasteiger partial charge in [0.2, 0.25) is 0 Å². The zero-order chi connectivity index (χ0) is 9.40. The minimum atomic E-state index is 0.395. The molecule has 0 aliphatic rings. The molecule has 1 N–H and O–H groups in total. The van der Waals surface area contributed by atoms with Crippen molar-refractivity contribution in [2.45, 2.75) is 40.2 Å². The van der Waals surface area contributed by atoms with Crippen molar-refractivity contribution in [1.82, 2.24) is 5.32 Å². The first-order valence-corrected chi connectivity index (χ1v) is 5.00. The number of ether oxygens (including phenoxy) is 1. The summed E-state index contributed by atoms with van der Waals surface area (Å²) < 4.78 is 5.61. The van der Waals surface area contributed by atoms with E-state index in [0.29, 0.717) is 12.0 Å². The molecule has 0 aromatic rings. The standard InChI is InChI=1S/C10H23NO/c1-5-11-7-6-8-12-10(4)9(2)3/h9-11H,5-8H2,1-4H3. The number of nitrogens with one attached hydrogen (secondary N) is 1. The van der Waals surface area contributed by atoms with Gasteiger partial charge in [-0.3, -0.25) is 0 Å². The predicted molar refractivity (Wildman–Crippen MR) is 53.4 cm³/mol. The van der Waals surface area contributed by atoms with Gasteiger partial charge in [-0.05, 0) is 32.4 Å². The van der Waals surface area contributed by atoms with Gasteiger partial charge in [0.25, 0.3) is 0 Å². The Morgan fingerprint density at radius 1 is 1.25 bits per heavy atom. The van der Waals surface area contributed by atoms with E-state index >= 15 is 0 Å². The highest BCUT2D eigenvalue weighted by Gasteiger charge is 2.05. The van der Waals surface area contributed by atoms with Crippen molar-refractivity contribution in [2.75, 3.05) is 19.7 Å². The van der Waals surface area contributed by atoms with Gasteiger partial charge in [0.05, 0.1) is 6.10 Å². The molecule has 1 unspecified atom stereocenters. The quantitative estimate of drug-likeness (QED) is 0.595. The molecule has 0 aliphatic heterocycles. The molecular weight excluding hydrogens is 150 g/mol. The van der Waals surface area contributed by atoms with Gasteiger partial charge < -0.3 is 10.1 Å². The highest BCUT2D eigenvalue weighted by Crippen LogP contribution is 2.04. The molecule has 2 heteroatoms. The van der Waals surface area contributed by atoms with Gasteiger partial charge in [-0.25, -0.2) is 0 Å². The van der Waals surface area contributed by atoms with Crippen LogP contribution in [0, 0.1) is 5.92 Å². The second-order valence-electron chi connectivity index (χ2n) is 3.53. The van der Waals surface area contributed by atoms with Crippen LogP contribution >= 0.6 is 0 Å². The Labute approximate surface area is 76.7 Å². The summed E-state index contributed by atoms with van der Waals surface area (Å²) in [6, 6.07) is 0. The fourth-order valence-electron chi connectivity index (χ4n) is 0.836. The van der Waals surface area contributed by atoms with Crippen molar-refractivity contribution in [3.05, 3.63) is 0 Å². The van der Waals surface area contributed by atoms with Crippen LogP contribution in [0.3, 0.4) is 0 Å². The van der Waals surface area contributed by atoms with E-state index in [1.807, 2.05) is 0 Å². The van der Waals surface area contributed by atoms with Crippen molar-refractivity contribution in [3.63, 3.8) is 0 Å². The van der Waals surface area contributed by atoms with Crippen molar-refractivity contribution in [2.24, 2.45) is 5.92 Å². The monoisotopic (exact) mass is 173 g/mol. The molecule has 0 amide bonds. The third-order valence-electron chi connectivity index (χ3n) is 2.07. The molecule has 0 saturated carbocycles. The molecule has 0 spiro atoms. The first-order chi connectivity index (χ1) is 5.68. The van der Waals surface area contributed by atoms with Crippen LogP contribution in [0.25, 0.3) is 0 Å². The van der Waals surface area contributed by atoms with Crippen LogP contribution in [0.15, 0.2) is 0 Å². The van der Waals surface area contributed by atoms with Crippen molar-refractivity contribution in [1.29, 1.82) is 0 Å². The van der Waals surface area contributed by atoms with Gasteiger partial charge in [0.15, 0.2) is 0 Å². The molecule has 0 bridgehead atoms. The maximum atomic E-state index is 5.61. The highest BCUT2D eigenvalue weighted by molar-refractivity contribution is 4.54. The third-order valence-corrected chi connectivity index (χ3v) is 2.07. The molecule has 2 nitrogen and oxygen atoms in total. The van der Waals surface area contributed by atoms with Gasteiger partial charge >= 0.3 is 0 Å². The third kappa shape index (κ3) is 6.62. The zero-order valence-electron chi connectivity index (χ0n) is 8.89. The predicted octanol–water partition coefficient (Wildman–Crippen LogP) is 2.05. The Kier molecular flexibility index (Phi) is 7.51. The van der Waals surface area contributed by atoms with Crippen molar-refractivity contribution < 1.29 is 4.74 Å². The Bertz CT molecular complexity index is 93.8. The summed E-state index contributed by atoms with van der Waals surface area (Å²) in [6.07, 6.45) is 1.51. The van der Waals surface area contributed by atoms with Crippen LogP contribution in [-0.4, -0.2) is 25.8 Å². The van der Waals surface area contributed by atoms with Crippen LogP contribution in [0.5, 0.6) is 0 Å². The van der Waals surface area contributed by atoms with Crippen LogP contribution in [-0.2, 0) is 4.74 Å². The van der Waals surface area contributed by atoms with Crippen molar-refractivity contribution in [3.8, 4) is 0 Å². The molecule has 0 radical (unpaired) electrons. The lowest BCUT2D eigenvalue weighted by molar-refractivity contribution is 0.0343. The van der Waals surface area contributed by atoms with E-state index in [2.05, 4.69) is 33.0 Å². The first kappa shape index (κ1) is 11.9. The van der Waals surface area contributed by atoms with Crippen LogP contribution in [0.1, 0.15) is 34.1 Å². The molecule has 0 saturated heterocycles. The van der Waals surface area contributed by atoms with Gasteiger partial charge in [0.1, 0.15) is 0 Å². The van der Waals surface area contributed by atoms with E-state index in [-0.39, 0.29) is 0 Å². The number of hydrogen-bond donors (Lipinski definition) is 1. The maximum absolute atomic E-state index is 5.61. The average Bonchev–Trinajstić information content (AvgIpc) is 2.03. The SMILES string of the molecule is CCNCCCOC(C)C(C)C. The lowest BCUT2D eigenvalue weighted by Gasteiger charge is -2.16. The summed E-state index contributed by atoms with van der Waals surface area (Å²) in [5.41, 5.74) is 0. The van der Waals surface area contributed by atoms with Crippen LogP contribution < -0.4 is 5.32 Å². The van der Waals surface area contributed by atoms with Gasteiger partial charge in [0, 0.05) is 6.61 Å². The average molecular weight is 173 g/mol. The van der Waals surface area contributed by atoms with Gasteiger partial charge in [-0.2, -0.15) is 0 Å². The normalized spacial score (nSPS) is 13.8. The second kappa shape index (κ2) is 7.56. The summed E-state index contributed by atoms with van der Waals surface area (Å²) in [4.78, 5) is 0. The fourth-order valence-corrected chi connectivity index (χ4v) is 0.836. The molecular formula is C10H23NO. The molecule has 74 valence electrons.